The Balaban J connectivity index is 2.24. The second-order valence-electron chi connectivity index (χ2n) is 5.91. The number of nitrogen functional groups attached to an aromatic ring is 1. The lowest BCUT2D eigenvalue weighted by atomic mass is 9.98. The maximum Gasteiger partial charge on any atom is 0.150 e. The largest absolute Gasteiger partial charge is 0.394 e. The second-order valence-corrected chi connectivity index (χ2v) is 5.91. The van der Waals surface area contributed by atoms with E-state index >= 15 is 0 Å². The molecule has 0 amide bonds. The third-order valence-corrected chi connectivity index (χ3v) is 4.04. The van der Waals surface area contributed by atoms with Crippen molar-refractivity contribution in [2.24, 2.45) is 0 Å². The highest BCUT2D eigenvalue weighted by Gasteiger charge is 2.06. The first kappa shape index (κ1) is 18.0. The van der Waals surface area contributed by atoms with Crippen molar-refractivity contribution in [1.82, 2.24) is 0 Å². The van der Waals surface area contributed by atoms with Crippen molar-refractivity contribution in [2.45, 2.75) is 46.0 Å². The normalized spacial score (nSPS) is 10.3. The summed E-state index contributed by atoms with van der Waals surface area (Å²) in [6, 6.07) is 8.59. The molecule has 3 heteroatoms. The van der Waals surface area contributed by atoms with E-state index in [1.165, 1.54) is 24.8 Å². The van der Waals surface area contributed by atoms with Crippen LogP contribution in [0, 0.1) is 23.5 Å². The Morgan fingerprint density at radius 2 is 1.67 bits per heavy atom. The Hall–Kier alpha value is -2.34. The lowest BCUT2D eigenvalue weighted by molar-refractivity contribution is 0.591. The van der Waals surface area contributed by atoms with Crippen LogP contribution >= 0.6 is 0 Å². The molecule has 2 aromatic carbocycles. The van der Waals surface area contributed by atoms with Crippen molar-refractivity contribution >= 4 is 5.69 Å². The van der Waals surface area contributed by atoms with Gasteiger partial charge in [0.25, 0.3) is 0 Å². The topological polar surface area (TPSA) is 26.0 Å². The van der Waals surface area contributed by atoms with Crippen LogP contribution in [0.1, 0.15) is 55.4 Å². The highest BCUT2D eigenvalue weighted by Crippen LogP contribution is 2.18. The van der Waals surface area contributed by atoms with Gasteiger partial charge in [0.15, 0.2) is 0 Å². The molecule has 126 valence electrons. The van der Waals surface area contributed by atoms with Gasteiger partial charge in [-0.05, 0) is 48.6 Å². The lowest BCUT2D eigenvalue weighted by Gasteiger charge is -2.06. The molecule has 0 aliphatic carbocycles. The Labute approximate surface area is 142 Å². The molecule has 1 nitrogen and oxygen atoms in total. The fourth-order valence-electron chi connectivity index (χ4n) is 2.59. The Morgan fingerprint density at radius 3 is 2.29 bits per heavy atom. The standard InChI is InChI=1S/C21H23F2N/c1-3-5-6-7-15-8-10-18(17(4-2)12-15)11-9-16-13-19(22)21(24)20(23)14-16/h8,10,12-14H,3-7,24H2,1-2H3. The van der Waals surface area contributed by atoms with E-state index in [9.17, 15) is 8.78 Å². The Morgan fingerprint density at radius 1 is 0.958 bits per heavy atom. The minimum atomic E-state index is -0.777. The van der Waals surface area contributed by atoms with E-state index in [1.807, 2.05) is 6.07 Å². The molecule has 0 radical (unpaired) electrons. The molecule has 0 fully saturated rings. The fourth-order valence-corrected chi connectivity index (χ4v) is 2.59. The van der Waals surface area contributed by atoms with Crippen LogP contribution in [0.2, 0.25) is 0 Å². The summed E-state index contributed by atoms with van der Waals surface area (Å²) in [5.41, 5.74) is 8.46. The molecule has 0 spiro atoms. The number of aryl methyl sites for hydroxylation is 2. The minimum Gasteiger partial charge on any atom is -0.394 e. The van der Waals surface area contributed by atoms with Crippen molar-refractivity contribution < 1.29 is 8.78 Å². The number of nitrogens with two attached hydrogens (primary N) is 1. The van der Waals surface area contributed by atoms with Crippen LogP contribution in [-0.2, 0) is 12.8 Å². The Kier molecular flexibility index (Phi) is 6.37. The van der Waals surface area contributed by atoms with E-state index in [0.717, 1.165) is 36.1 Å². The highest BCUT2D eigenvalue weighted by molar-refractivity contribution is 5.51. The molecule has 2 rings (SSSR count). The van der Waals surface area contributed by atoms with Crippen molar-refractivity contribution in [3.8, 4) is 11.8 Å². The summed E-state index contributed by atoms with van der Waals surface area (Å²) in [6.07, 6.45) is 5.57. The van der Waals surface area contributed by atoms with Gasteiger partial charge in [0.1, 0.15) is 17.3 Å². The van der Waals surface area contributed by atoms with E-state index in [4.69, 9.17) is 5.73 Å². The summed E-state index contributed by atoms with van der Waals surface area (Å²) < 4.78 is 27.0. The third kappa shape index (κ3) is 4.58. The van der Waals surface area contributed by atoms with E-state index < -0.39 is 17.3 Å². The van der Waals surface area contributed by atoms with E-state index in [0.29, 0.717) is 0 Å². The highest BCUT2D eigenvalue weighted by atomic mass is 19.1. The number of halogens is 2. The summed E-state index contributed by atoms with van der Waals surface area (Å²) in [5, 5.41) is 0. The monoisotopic (exact) mass is 327 g/mol. The van der Waals surface area contributed by atoms with Gasteiger partial charge < -0.3 is 5.73 Å². The predicted octanol–water partition coefficient (Wildman–Crippen LogP) is 5.24. The van der Waals surface area contributed by atoms with Crippen molar-refractivity contribution in [2.75, 3.05) is 5.73 Å². The molecule has 2 N–H and O–H groups in total. The zero-order valence-corrected chi connectivity index (χ0v) is 14.3. The maximum absolute atomic E-state index is 13.5. The van der Waals surface area contributed by atoms with E-state index in [1.54, 1.807) is 0 Å². The van der Waals surface area contributed by atoms with Gasteiger partial charge in [-0.3, -0.25) is 0 Å². The number of hydrogen-bond donors (Lipinski definition) is 1. The average molecular weight is 327 g/mol. The van der Waals surface area contributed by atoms with E-state index in [-0.39, 0.29) is 5.56 Å². The minimum absolute atomic E-state index is 0.285. The smallest absolute Gasteiger partial charge is 0.150 e. The fraction of sp³-hybridized carbons (Fsp3) is 0.333. The molecule has 0 atom stereocenters. The van der Waals surface area contributed by atoms with Crippen molar-refractivity contribution in [3.63, 3.8) is 0 Å². The molecule has 0 saturated carbocycles. The van der Waals surface area contributed by atoms with Gasteiger partial charge in [-0.1, -0.05) is 50.7 Å². The number of anilines is 1. The van der Waals surface area contributed by atoms with Crippen LogP contribution < -0.4 is 5.73 Å². The summed E-state index contributed by atoms with van der Waals surface area (Å²) >= 11 is 0. The predicted molar refractivity (Wildman–Crippen MR) is 95.8 cm³/mol. The van der Waals surface area contributed by atoms with Gasteiger partial charge in [0, 0.05) is 11.1 Å². The first-order valence-corrected chi connectivity index (χ1v) is 8.43. The summed E-state index contributed by atoms with van der Waals surface area (Å²) in [6.45, 7) is 4.28. The number of rotatable bonds is 5. The molecular formula is C21H23F2N. The SMILES string of the molecule is CCCCCc1ccc(C#Cc2cc(F)c(N)c(F)c2)c(CC)c1. The zero-order chi connectivity index (χ0) is 17.5. The van der Waals surface area contributed by atoms with Crippen LogP contribution in [-0.4, -0.2) is 0 Å². The molecule has 0 heterocycles. The first-order valence-electron chi connectivity index (χ1n) is 8.43. The van der Waals surface area contributed by atoms with Crippen molar-refractivity contribution in [3.05, 3.63) is 64.2 Å². The van der Waals surface area contributed by atoms with Gasteiger partial charge in [-0.2, -0.15) is 0 Å². The molecule has 24 heavy (non-hydrogen) atoms. The lowest BCUT2D eigenvalue weighted by Crippen LogP contribution is -1.96. The Bertz CT molecular complexity index is 746. The zero-order valence-electron chi connectivity index (χ0n) is 14.3. The molecule has 0 saturated heterocycles. The molecular weight excluding hydrogens is 304 g/mol. The number of benzene rings is 2. The van der Waals surface area contributed by atoms with Gasteiger partial charge in [0.05, 0.1) is 0 Å². The second kappa shape index (κ2) is 8.49. The number of unbranched alkanes of at least 4 members (excludes halogenated alkanes) is 2. The first-order chi connectivity index (χ1) is 11.5. The van der Waals surface area contributed by atoms with Crippen LogP contribution in [0.5, 0.6) is 0 Å². The van der Waals surface area contributed by atoms with Crippen LogP contribution in [0.15, 0.2) is 30.3 Å². The van der Waals surface area contributed by atoms with Gasteiger partial charge in [0.2, 0.25) is 0 Å². The molecule has 0 unspecified atom stereocenters. The molecule has 0 aromatic heterocycles. The van der Waals surface area contributed by atoms with Crippen molar-refractivity contribution in [1.29, 1.82) is 0 Å². The quantitative estimate of drug-likeness (QED) is 0.453. The molecule has 0 bridgehead atoms. The molecule has 0 aliphatic heterocycles. The summed E-state index contributed by atoms with van der Waals surface area (Å²) in [4.78, 5) is 0. The third-order valence-electron chi connectivity index (χ3n) is 4.04. The van der Waals surface area contributed by atoms with Gasteiger partial charge in [-0.25, -0.2) is 8.78 Å². The van der Waals surface area contributed by atoms with Gasteiger partial charge >= 0.3 is 0 Å². The average Bonchev–Trinajstić information content (AvgIpc) is 2.58. The van der Waals surface area contributed by atoms with Crippen LogP contribution in [0.25, 0.3) is 0 Å². The molecule has 2 aromatic rings. The summed E-state index contributed by atoms with van der Waals surface area (Å²) in [5.74, 6) is 4.30. The molecule has 0 aliphatic rings. The maximum atomic E-state index is 13.5. The van der Waals surface area contributed by atoms with E-state index in [2.05, 4.69) is 37.8 Å². The van der Waals surface area contributed by atoms with Gasteiger partial charge in [-0.15, -0.1) is 0 Å². The summed E-state index contributed by atoms with van der Waals surface area (Å²) in [7, 11) is 0. The van der Waals surface area contributed by atoms with Crippen LogP contribution in [0.4, 0.5) is 14.5 Å². The van der Waals surface area contributed by atoms with Crippen LogP contribution in [0.3, 0.4) is 0 Å². The number of hydrogen-bond acceptors (Lipinski definition) is 1.